The highest BCUT2D eigenvalue weighted by Crippen LogP contribution is 2.52. The van der Waals surface area contributed by atoms with Crippen LogP contribution in [0, 0.1) is 17.2 Å². The maximum Gasteiger partial charge on any atom is 0.353 e. The number of nitriles is 1. The number of hydrogen-bond donors (Lipinski definition) is 1. The Morgan fingerprint density at radius 1 is 1.28 bits per heavy atom. The molecule has 15 heteroatoms. The summed E-state index contributed by atoms with van der Waals surface area (Å²) in [5.41, 5.74) is -1.15. The number of rotatable bonds is 13. The molecule has 6 atom stereocenters. The molecule has 2 bridgehead atoms. The largest absolute Gasteiger partial charge is 0.371 e. The second-order valence-corrected chi connectivity index (χ2v) is 13.2. The molecule has 0 aliphatic carbocycles. The number of ether oxygens (including phenoxy) is 2. The van der Waals surface area contributed by atoms with Gasteiger partial charge in [0.2, 0.25) is 0 Å². The third-order valence-electron chi connectivity index (χ3n) is 6.47. The fourth-order valence-electron chi connectivity index (χ4n) is 4.69. The fourth-order valence-corrected chi connectivity index (χ4v) is 7.22. The maximum absolute atomic E-state index is 12.8. The smallest absolute Gasteiger partial charge is 0.353 e. The topological polar surface area (TPSA) is 154 Å². The Bertz CT molecular complexity index is 1170. The lowest BCUT2D eigenvalue weighted by Crippen LogP contribution is -2.54. The molecule has 0 saturated carbocycles. The molecule has 0 spiro atoms. The molecule has 218 valence electrons. The Balaban J connectivity index is 1.94. The van der Waals surface area contributed by atoms with E-state index in [1.165, 1.54) is 36.9 Å². The van der Waals surface area contributed by atoms with E-state index in [1.807, 2.05) is 0 Å². The Labute approximate surface area is 229 Å². The van der Waals surface area contributed by atoms with Gasteiger partial charge in [0, 0.05) is 50.3 Å². The lowest BCUT2D eigenvalue weighted by Gasteiger charge is -2.48. The van der Waals surface area contributed by atoms with Crippen LogP contribution in [0.3, 0.4) is 0 Å². The molecule has 39 heavy (non-hydrogen) atoms. The fraction of sp³-hybridized carbons (Fsp3) is 0.708. The standard InChI is InChI=1S/C24H38N4O9P2/c1-16(2)28(17(3)4)38(35-12-7-10-25)37-21-15-34-20-14-18(21)19(9-13-39(31,32-5)33-6)36-23(20)27-11-8-22(29)26-24(27)30/h8-9,11,13,16-21,23H,7,12,14-15H2,1-6H3,(H,26,29,30)/b13-9+/t18-,19?,20-,21+,23?,38?/m1/s1. The molecule has 0 amide bonds. The molecule has 13 nitrogen and oxygen atoms in total. The van der Waals surface area contributed by atoms with Crippen LogP contribution in [-0.4, -0.2) is 72.1 Å². The molecule has 0 aromatic carbocycles. The number of aromatic nitrogens is 2. The highest BCUT2D eigenvalue weighted by Gasteiger charge is 2.48. The zero-order valence-electron chi connectivity index (χ0n) is 23.1. The van der Waals surface area contributed by atoms with E-state index in [-0.39, 0.29) is 37.6 Å². The molecule has 3 rings (SSSR count). The number of nitrogens with one attached hydrogen (secondary N) is 1. The van der Waals surface area contributed by atoms with E-state index < -0.39 is 51.9 Å². The van der Waals surface area contributed by atoms with Crippen molar-refractivity contribution < 1.29 is 32.1 Å². The van der Waals surface area contributed by atoms with Crippen molar-refractivity contribution in [1.29, 1.82) is 5.26 Å². The second-order valence-electron chi connectivity index (χ2n) is 9.72. The Hall–Kier alpha value is -1.71. The second kappa shape index (κ2) is 14.3. The minimum Gasteiger partial charge on any atom is -0.371 e. The average molecular weight is 589 g/mol. The molecule has 2 saturated heterocycles. The summed E-state index contributed by atoms with van der Waals surface area (Å²) in [7, 11) is -2.49. The quantitative estimate of drug-likeness (QED) is 0.266. The Morgan fingerprint density at radius 2 is 1.97 bits per heavy atom. The molecule has 2 fully saturated rings. The third kappa shape index (κ3) is 7.94. The first-order valence-corrected chi connectivity index (χ1v) is 15.5. The molecule has 1 N–H and O–H groups in total. The highest BCUT2D eigenvalue weighted by molar-refractivity contribution is 7.57. The van der Waals surface area contributed by atoms with E-state index in [0.29, 0.717) is 6.42 Å². The summed E-state index contributed by atoms with van der Waals surface area (Å²) in [6.45, 7) is 8.61. The predicted molar refractivity (Wildman–Crippen MR) is 144 cm³/mol. The van der Waals surface area contributed by atoms with Gasteiger partial charge in [-0.05, 0) is 40.2 Å². The summed E-state index contributed by atoms with van der Waals surface area (Å²) in [6.07, 6.45) is 1.15. The van der Waals surface area contributed by atoms with Crippen LogP contribution in [0.5, 0.6) is 0 Å². The van der Waals surface area contributed by atoms with E-state index in [2.05, 4.69) is 43.4 Å². The van der Waals surface area contributed by atoms with Gasteiger partial charge in [-0.15, -0.1) is 0 Å². The van der Waals surface area contributed by atoms with Gasteiger partial charge in [0.1, 0.15) is 6.10 Å². The summed E-state index contributed by atoms with van der Waals surface area (Å²) in [5.74, 6) is 1.07. The van der Waals surface area contributed by atoms with Gasteiger partial charge < -0.3 is 27.6 Å². The van der Waals surface area contributed by atoms with Gasteiger partial charge in [0.25, 0.3) is 14.1 Å². The number of fused-ring (bicyclic) bond motifs is 2. The van der Waals surface area contributed by atoms with Crippen molar-refractivity contribution in [3.63, 3.8) is 0 Å². The lowest BCUT2D eigenvalue weighted by molar-refractivity contribution is -0.236. The van der Waals surface area contributed by atoms with Gasteiger partial charge in [-0.25, -0.2) is 9.46 Å². The summed E-state index contributed by atoms with van der Waals surface area (Å²) >= 11 is 0. The minimum absolute atomic E-state index is 0.111. The molecule has 0 radical (unpaired) electrons. The van der Waals surface area contributed by atoms with Crippen molar-refractivity contribution >= 4 is 16.1 Å². The summed E-state index contributed by atoms with van der Waals surface area (Å²) in [5, 5.41) is 9.02. The average Bonchev–Trinajstić information content (AvgIpc) is 2.89. The van der Waals surface area contributed by atoms with Crippen molar-refractivity contribution in [3.05, 3.63) is 45.0 Å². The monoisotopic (exact) mass is 588 g/mol. The van der Waals surface area contributed by atoms with Gasteiger partial charge in [0.05, 0.1) is 37.9 Å². The number of nitrogens with zero attached hydrogens (tertiary/aromatic N) is 3. The van der Waals surface area contributed by atoms with Crippen molar-refractivity contribution in [2.45, 2.75) is 77.2 Å². The van der Waals surface area contributed by atoms with Crippen LogP contribution in [0.15, 0.2) is 33.7 Å². The predicted octanol–water partition coefficient (Wildman–Crippen LogP) is 3.50. The van der Waals surface area contributed by atoms with Crippen LogP contribution in [0.25, 0.3) is 0 Å². The third-order valence-corrected chi connectivity index (χ3v) is 10.2. The van der Waals surface area contributed by atoms with Crippen molar-refractivity contribution in [1.82, 2.24) is 14.2 Å². The number of aromatic amines is 1. The molecule has 3 heterocycles. The Kier molecular flexibility index (Phi) is 11.6. The molecular formula is C24H38N4O9P2. The molecular weight excluding hydrogens is 550 g/mol. The van der Waals surface area contributed by atoms with Gasteiger partial charge in [-0.2, -0.15) is 5.26 Å². The van der Waals surface area contributed by atoms with E-state index in [0.717, 1.165) is 0 Å². The van der Waals surface area contributed by atoms with E-state index in [9.17, 15) is 14.2 Å². The minimum atomic E-state index is -3.51. The van der Waals surface area contributed by atoms with Crippen molar-refractivity contribution in [3.8, 4) is 6.07 Å². The summed E-state index contributed by atoms with van der Waals surface area (Å²) < 4.78 is 51.4. The van der Waals surface area contributed by atoms with Crippen LogP contribution in [0.4, 0.5) is 0 Å². The molecule has 1 aromatic rings. The Morgan fingerprint density at radius 3 is 2.56 bits per heavy atom. The van der Waals surface area contributed by atoms with Gasteiger partial charge in [-0.1, -0.05) is 0 Å². The first-order chi connectivity index (χ1) is 18.5. The zero-order chi connectivity index (χ0) is 28.7. The van der Waals surface area contributed by atoms with Crippen LogP contribution >= 0.6 is 16.1 Å². The number of hydrogen-bond acceptors (Lipinski definition) is 11. The van der Waals surface area contributed by atoms with Crippen molar-refractivity contribution in [2.24, 2.45) is 5.92 Å². The van der Waals surface area contributed by atoms with E-state index in [1.54, 1.807) is 6.08 Å². The van der Waals surface area contributed by atoms with E-state index >= 15 is 0 Å². The number of H-pyrrole nitrogens is 1. The van der Waals surface area contributed by atoms with Crippen LogP contribution < -0.4 is 11.2 Å². The van der Waals surface area contributed by atoms with Crippen molar-refractivity contribution in [2.75, 3.05) is 27.4 Å². The van der Waals surface area contributed by atoms with Gasteiger partial charge in [0.15, 0.2) is 6.23 Å². The molecule has 2 aliphatic heterocycles. The maximum atomic E-state index is 12.8. The summed E-state index contributed by atoms with van der Waals surface area (Å²) in [6, 6.07) is 3.55. The highest BCUT2D eigenvalue weighted by atomic mass is 31.2. The van der Waals surface area contributed by atoms with Crippen LogP contribution in [0.1, 0.15) is 46.8 Å². The summed E-state index contributed by atoms with van der Waals surface area (Å²) in [4.78, 5) is 26.4. The lowest BCUT2D eigenvalue weighted by atomic mass is 9.85. The zero-order valence-corrected chi connectivity index (χ0v) is 24.9. The van der Waals surface area contributed by atoms with Gasteiger partial charge >= 0.3 is 13.3 Å². The molecule has 1 aromatic heterocycles. The van der Waals surface area contributed by atoms with E-state index in [4.69, 9.17) is 32.8 Å². The van der Waals surface area contributed by atoms with Crippen LogP contribution in [-0.2, 0) is 32.1 Å². The first-order valence-electron chi connectivity index (χ1n) is 12.8. The van der Waals surface area contributed by atoms with Gasteiger partial charge in [-0.3, -0.25) is 18.9 Å². The normalized spacial score (nSPS) is 26.4. The first kappa shape index (κ1) is 31.8. The van der Waals surface area contributed by atoms with Crippen LogP contribution in [0.2, 0.25) is 0 Å². The molecule has 2 aliphatic rings. The molecule has 3 unspecified atom stereocenters. The SMILES string of the molecule is COP(=O)(/C=C/C1OC(n2ccc(=O)[nH]c2=O)[C@H]2C[C@H]1[C@@H](OP(OCCC#N)N(C(C)C)C(C)C)CO2)OC.